The van der Waals surface area contributed by atoms with Crippen LogP contribution in [0, 0.1) is 0 Å². The minimum Gasteiger partial charge on any atom is -0.444 e. The van der Waals surface area contributed by atoms with Gasteiger partial charge in [-0.25, -0.2) is 9.48 Å². The van der Waals surface area contributed by atoms with Crippen molar-refractivity contribution < 1.29 is 27.4 Å². The van der Waals surface area contributed by atoms with Crippen LogP contribution in [0.4, 0.5) is 18.0 Å². The fourth-order valence-electron chi connectivity index (χ4n) is 3.24. The van der Waals surface area contributed by atoms with Gasteiger partial charge in [0.1, 0.15) is 11.6 Å². The van der Waals surface area contributed by atoms with Crippen molar-refractivity contribution in [3.63, 3.8) is 0 Å². The summed E-state index contributed by atoms with van der Waals surface area (Å²) in [6.07, 6.45) is -4.08. The van der Waals surface area contributed by atoms with Crippen LogP contribution < -0.4 is 5.56 Å². The van der Waals surface area contributed by atoms with Crippen molar-refractivity contribution in [3.8, 4) is 0 Å². The van der Waals surface area contributed by atoms with E-state index in [0.717, 1.165) is 12.1 Å². The van der Waals surface area contributed by atoms with Crippen LogP contribution in [-0.2, 0) is 22.3 Å². The SMILES string of the molecule is CC(C)(C)OC(=O)N1C[C@@H](n2ncccc2=O)[C@H](OCc2ccc(C(F)(F)F)cc2)C1. The van der Waals surface area contributed by atoms with Crippen molar-refractivity contribution in [2.45, 2.75) is 51.3 Å². The molecule has 1 aliphatic rings. The number of carbonyl (C=O) groups excluding carboxylic acids is 1. The molecule has 0 saturated carbocycles. The highest BCUT2D eigenvalue weighted by Gasteiger charge is 2.40. The number of aromatic nitrogens is 2. The highest BCUT2D eigenvalue weighted by atomic mass is 19.4. The van der Waals surface area contributed by atoms with E-state index in [2.05, 4.69) is 5.10 Å². The number of halogens is 3. The van der Waals surface area contributed by atoms with E-state index in [9.17, 15) is 22.8 Å². The Hall–Kier alpha value is -2.88. The Bertz CT molecular complexity index is 967. The molecule has 2 aromatic rings. The predicted octanol–water partition coefficient (Wildman–Crippen LogP) is 3.64. The second kappa shape index (κ2) is 8.70. The van der Waals surface area contributed by atoms with Crippen molar-refractivity contribution in [1.82, 2.24) is 14.7 Å². The number of amides is 1. The largest absolute Gasteiger partial charge is 0.444 e. The van der Waals surface area contributed by atoms with Gasteiger partial charge < -0.3 is 14.4 Å². The maximum absolute atomic E-state index is 12.7. The summed E-state index contributed by atoms with van der Waals surface area (Å²) >= 11 is 0. The summed E-state index contributed by atoms with van der Waals surface area (Å²) in [5.74, 6) is 0. The maximum atomic E-state index is 12.7. The fourth-order valence-corrected chi connectivity index (χ4v) is 3.24. The quantitative estimate of drug-likeness (QED) is 0.727. The summed E-state index contributed by atoms with van der Waals surface area (Å²) in [6, 6.07) is 6.96. The van der Waals surface area contributed by atoms with E-state index in [1.807, 2.05) is 0 Å². The first-order valence-electron chi connectivity index (χ1n) is 9.73. The summed E-state index contributed by atoms with van der Waals surface area (Å²) in [6.45, 7) is 5.58. The van der Waals surface area contributed by atoms with Crippen LogP contribution in [0.3, 0.4) is 0 Å². The third kappa shape index (κ3) is 5.84. The minimum absolute atomic E-state index is 0.0169. The Morgan fingerprint density at radius 3 is 2.39 bits per heavy atom. The van der Waals surface area contributed by atoms with Gasteiger partial charge in [0.05, 0.1) is 24.8 Å². The Labute approximate surface area is 177 Å². The number of benzene rings is 1. The molecule has 0 unspecified atom stereocenters. The van der Waals surface area contributed by atoms with E-state index >= 15 is 0 Å². The van der Waals surface area contributed by atoms with Gasteiger partial charge in [0.15, 0.2) is 0 Å². The first-order valence-corrected chi connectivity index (χ1v) is 9.73. The van der Waals surface area contributed by atoms with Crippen molar-refractivity contribution in [2.75, 3.05) is 13.1 Å². The molecule has 2 heterocycles. The average Bonchev–Trinajstić information content (AvgIpc) is 3.09. The summed E-state index contributed by atoms with van der Waals surface area (Å²) in [5.41, 5.74) is -1.24. The van der Waals surface area contributed by atoms with Gasteiger partial charge in [-0.2, -0.15) is 18.3 Å². The second-order valence-corrected chi connectivity index (χ2v) is 8.30. The number of carbonyl (C=O) groups is 1. The van der Waals surface area contributed by atoms with Gasteiger partial charge in [-0.05, 0) is 44.5 Å². The summed E-state index contributed by atoms with van der Waals surface area (Å²) in [5, 5.41) is 4.09. The van der Waals surface area contributed by atoms with Crippen molar-refractivity contribution >= 4 is 6.09 Å². The van der Waals surface area contributed by atoms with E-state index < -0.39 is 35.6 Å². The number of nitrogens with zero attached hydrogens (tertiary/aromatic N) is 3. The van der Waals surface area contributed by atoms with E-state index in [1.54, 1.807) is 20.8 Å². The van der Waals surface area contributed by atoms with E-state index in [-0.39, 0.29) is 25.3 Å². The van der Waals surface area contributed by atoms with Crippen LogP contribution in [0.1, 0.15) is 37.9 Å². The summed E-state index contributed by atoms with van der Waals surface area (Å²) < 4.78 is 50.8. The lowest BCUT2D eigenvalue weighted by molar-refractivity contribution is -0.137. The smallest absolute Gasteiger partial charge is 0.416 e. The molecule has 0 aliphatic carbocycles. The number of ether oxygens (including phenoxy) is 2. The van der Waals surface area contributed by atoms with E-state index in [1.165, 1.54) is 40.0 Å². The number of rotatable bonds is 4. The Kier molecular flexibility index (Phi) is 6.40. The van der Waals surface area contributed by atoms with Gasteiger partial charge in [0, 0.05) is 18.8 Å². The lowest BCUT2D eigenvalue weighted by Crippen LogP contribution is -2.36. The molecule has 1 saturated heterocycles. The molecule has 3 rings (SSSR count). The van der Waals surface area contributed by atoms with Gasteiger partial charge in [0.25, 0.3) is 5.56 Å². The first kappa shape index (κ1) is 22.8. The van der Waals surface area contributed by atoms with Crippen LogP contribution in [-0.4, -0.2) is 45.6 Å². The lowest BCUT2D eigenvalue weighted by atomic mass is 10.1. The Balaban J connectivity index is 1.76. The number of hydrogen-bond acceptors (Lipinski definition) is 5. The highest BCUT2D eigenvalue weighted by molar-refractivity contribution is 5.68. The maximum Gasteiger partial charge on any atom is 0.416 e. The van der Waals surface area contributed by atoms with Crippen LogP contribution in [0.15, 0.2) is 47.4 Å². The van der Waals surface area contributed by atoms with Crippen LogP contribution in [0.25, 0.3) is 0 Å². The van der Waals surface area contributed by atoms with Crippen molar-refractivity contribution in [1.29, 1.82) is 0 Å². The molecule has 1 amide bonds. The molecule has 0 N–H and O–H groups in total. The molecule has 1 aliphatic heterocycles. The molecule has 0 spiro atoms. The number of hydrogen-bond donors (Lipinski definition) is 0. The molecular formula is C21H24F3N3O4. The number of likely N-dealkylation sites (tertiary alicyclic amines) is 1. The molecule has 2 atom stereocenters. The monoisotopic (exact) mass is 439 g/mol. The topological polar surface area (TPSA) is 73.7 Å². The van der Waals surface area contributed by atoms with Gasteiger partial charge in [-0.15, -0.1) is 0 Å². The second-order valence-electron chi connectivity index (χ2n) is 8.30. The molecule has 0 bridgehead atoms. The molecule has 7 nitrogen and oxygen atoms in total. The normalized spacial score (nSPS) is 19.5. The number of alkyl halides is 3. The molecule has 1 aromatic heterocycles. The van der Waals surface area contributed by atoms with Crippen LogP contribution in [0.5, 0.6) is 0 Å². The lowest BCUT2D eigenvalue weighted by Gasteiger charge is -2.24. The highest BCUT2D eigenvalue weighted by Crippen LogP contribution is 2.30. The molecule has 1 aromatic carbocycles. The summed E-state index contributed by atoms with van der Waals surface area (Å²) in [7, 11) is 0. The molecule has 10 heteroatoms. The molecule has 1 fully saturated rings. The average molecular weight is 439 g/mol. The Morgan fingerprint density at radius 2 is 1.81 bits per heavy atom. The van der Waals surface area contributed by atoms with Crippen LogP contribution >= 0.6 is 0 Å². The zero-order valence-electron chi connectivity index (χ0n) is 17.4. The van der Waals surface area contributed by atoms with Gasteiger partial charge in [0.2, 0.25) is 0 Å². The van der Waals surface area contributed by atoms with Gasteiger partial charge in [-0.1, -0.05) is 12.1 Å². The van der Waals surface area contributed by atoms with Gasteiger partial charge in [-0.3, -0.25) is 4.79 Å². The standard InChI is InChI=1S/C21H24F3N3O4/c1-20(2,3)31-19(29)26-11-16(27-18(28)5-4-10-25-27)17(12-26)30-13-14-6-8-15(9-7-14)21(22,23)24/h4-10,16-17H,11-13H2,1-3H3/t16-,17-/m1/s1. The molecule has 0 radical (unpaired) electrons. The molecule has 31 heavy (non-hydrogen) atoms. The van der Waals surface area contributed by atoms with Crippen LogP contribution in [0.2, 0.25) is 0 Å². The van der Waals surface area contributed by atoms with Crippen molar-refractivity contribution in [3.05, 3.63) is 64.1 Å². The molecule has 168 valence electrons. The Morgan fingerprint density at radius 1 is 1.13 bits per heavy atom. The van der Waals surface area contributed by atoms with Crippen molar-refractivity contribution in [2.24, 2.45) is 0 Å². The zero-order chi connectivity index (χ0) is 22.8. The first-order chi connectivity index (χ1) is 14.4. The zero-order valence-corrected chi connectivity index (χ0v) is 17.4. The third-order valence-corrected chi connectivity index (χ3v) is 4.69. The fraction of sp³-hybridized carbons (Fsp3) is 0.476. The van der Waals surface area contributed by atoms with E-state index in [0.29, 0.717) is 5.56 Å². The van der Waals surface area contributed by atoms with Gasteiger partial charge >= 0.3 is 12.3 Å². The third-order valence-electron chi connectivity index (χ3n) is 4.69. The molecular weight excluding hydrogens is 415 g/mol. The van der Waals surface area contributed by atoms with E-state index in [4.69, 9.17) is 9.47 Å². The predicted molar refractivity (Wildman–Crippen MR) is 105 cm³/mol. The summed E-state index contributed by atoms with van der Waals surface area (Å²) in [4.78, 5) is 26.2. The minimum atomic E-state index is -4.41.